The number of hydrogen-bond donors (Lipinski definition) is 4. The molecule has 1 atom stereocenters. The number of anilines is 1. The van der Waals surface area contributed by atoms with Crippen LogP contribution in [0.4, 0.5) is 5.69 Å². The lowest BCUT2D eigenvalue weighted by Crippen LogP contribution is -2.44. The van der Waals surface area contributed by atoms with E-state index in [0.717, 1.165) is 5.69 Å². The molecule has 2 amide bonds. The zero-order valence-electron chi connectivity index (χ0n) is 9.57. The maximum absolute atomic E-state index is 11.6. The van der Waals surface area contributed by atoms with Crippen LogP contribution in [0.2, 0.25) is 0 Å². The number of carbonyl (C=O) groups is 2. The number of rotatable bonds is 5. The Morgan fingerprint density at radius 3 is 2.53 bits per heavy atom. The standard InChI is InChI=1S/C11H16N4O2/c1-8(11(17)13-7-10(16)15-12)14-9-5-3-2-4-6-9/h2-6,8,14H,7,12H2,1H3,(H,13,17)(H,15,16). The van der Waals surface area contributed by atoms with Gasteiger partial charge in [0.15, 0.2) is 0 Å². The number of nitrogens with two attached hydrogens (primary N) is 1. The summed E-state index contributed by atoms with van der Waals surface area (Å²) in [6.45, 7) is 1.58. The average Bonchev–Trinajstić information content (AvgIpc) is 2.36. The predicted octanol–water partition coefficient (Wildman–Crippen LogP) is -0.407. The van der Waals surface area contributed by atoms with Crippen molar-refractivity contribution >= 4 is 17.5 Å². The van der Waals surface area contributed by atoms with Gasteiger partial charge < -0.3 is 10.6 Å². The number of carbonyl (C=O) groups excluding carboxylic acids is 2. The lowest BCUT2D eigenvalue weighted by Gasteiger charge is -2.14. The van der Waals surface area contributed by atoms with Crippen LogP contribution in [0.25, 0.3) is 0 Å². The van der Waals surface area contributed by atoms with Crippen molar-refractivity contribution in [3.05, 3.63) is 30.3 Å². The summed E-state index contributed by atoms with van der Waals surface area (Å²) in [7, 11) is 0. The predicted molar refractivity (Wildman–Crippen MR) is 64.9 cm³/mol. The van der Waals surface area contributed by atoms with Crippen molar-refractivity contribution in [1.29, 1.82) is 0 Å². The Morgan fingerprint density at radius 2 is 1.94 bits per heavy atom. The van der Waals surface area contributed by atoms with Crippen LogP contribution >= 0.6 is 0 Å². The zero-order valence-corrected chi connectivity index (χ0v) is 9.57. The molecule has 5 N–H and O–H groups in total. The van der Waals surface area contributed by atoms with E-state index in [2.05, 4.69) is 10.6 Å². The number of nitrogens with one attached hydrogen (secondary N) is 3. The summed E-state index contributed by atoms with van der Waals surface area (Å²) < 4.78 is 0. The van der Waals surface area contributed by atoms with E-state index in [1.54, 1.807) is 6.92 Å². The summed E-state index contributed by atoms with van der Waals surface area (Å²) >= 11 is 0. The quantitative estimate of drug-likeness (QED) is 0.317. The third-order valence-corrected chi connectivity index (χ3v) is 2.13. The molecule has 6 heteroatoms. The molecule has 0 aliphatic rings. The topological polar surface area (TPSA) is 96.2 Å². The van der Waals surface area contributed by atoms with Crippen molar-refractivity contribution in [3.63, 3.8) is 0 Å². The van der Waals surface area contributed by atoms with Crippen molar-refractivity contribution in [2.45, 2.75) is 13.0 Å². The summed E-state index contributed by atoms with van der Waals surface area (Å²) in [4.78, 5) is 22.4. The molecule has 0 bridgehead atoms. The first kappa shape index (κ1) is 13.0. The largest absolute Gasteiger partial charge is 0.374 e. The van der Waals surface area contributed by atoms with Crippen LogP contribution in [-0.4, -0.2) is 24.4 Å². The second-order valence-corrected chi connectivity index (χ2v) is 3.52. The van der Waals surface area contributed by atoms with Gasteiger partial charge in [0.05, 0.1) is 6.54 Å². The highest BCUT2D eigenvalue weighted by Crippen LogP contribution is 2.06. The first-order chi connectivity index (χ1) is 8.13. The Balaban J connectivity index is 2.40. The summed E-state index contributed by atoms with van der Waals surface area (Å²) in [5, 5.41) is 5.47. The van der Waals surface area contributed by atoms with Crippen LogP contribution < -0.4 is 21.9 Å². The van der Waals surface area contributed by atoms with Gasteiger partial charge >= 0.3 is 0 Å². The van der Waals surface area contributed by atoms with Crippen LogP contribution in [0.3, 0.4) is 0 Å². The van der Waals surface area contributed by atoms with E-state index >= 15 is 0 Å². The van der Waals surface area contributed by atoms with E-state index in [1.165, 1.54) is 0 Å². The van der Waals surface area contributed by atoms with Crippen LogP contribution in [0.15, 0.2) is 30.3 Å². The zero-order chi connectivity index (χ0) is 12.7. The minimum absolute atomic E-state index is 0.129. The van der Waals surface area contributed by atoms with Crippen LogP contribution in [0.1, 0.15) is 6.92 Å². The molecule has 17 heavy (non-hydrogen) atoms. The fraction of sp³-hybridized carbons (Fsp3) is 0.273. The summed E-state index contributed by atoms with van der Waals surface area (Å²) in [5.74, 6) is 4.19. The second-order valence-electron chi connectivity index (χ2n) is 3.52. The minimum Gasteiger partial charge on any atom is -0.374 e. The van der Waals surface area contributed by atoms with Gasteiger partial charge in [0.2, 0.25) is 5.91 Å². The normalized spacial score (nSPS) is 11.4. The van der Waals surface area contributed by atoms with Gasteiger partial charge in [0, 0.05) is 5.69 Å². The molecule has 1 rings (SSSR count). The SMILES string of the molecule is CC(Nc1ccccc1)C(=O)NCC(=O)NN. The molecule has 0 aliphatic heterocycles. The summed E-state index contributed by atoms with van der Waals surface area (Å²) in [5.41, 5.74) is 2.78. The van der Waals surface area contributed by atoms with Crippen molar-refractivity contribution in [2.75, 3.05) is 11.9 Å². The Labute approximate surface area is 99.5 Å². The van der Waals surface area contributed by atoms with Crippen molar-refractivity contribution < 1.29 is 9.59 Å². The maximum Gasteiger partial charge on any atom is 0.253 e. The third kappa shape index (κ3) is 4.52. The van der Waals surface area contributed by atoms with Gasteiger partial charge in [-0.2, -0.15) is 0 Å². The fourth-order valence-electron chi connectivity index (χ4n) is 1.22. The van der Waals surface area contributed by atoms with E-state index in [-0.39, 0.29) is 12.5 Å². The van der Waals surface area contributed by atoms with Crippen molar-refractivity contribution in [1.82, 2.24) is 10.7 Å². The van der Waals surface area contributed by atoms with Gasteiger partial charge in [-0.05, 0) is 19.1 Å². The number of amides is 2. The highest BCUT2D eigenvalue weighted by molar-refractivity contribution is 5.88. The van der Waals surface area contributed by atoms with E-state index < -0.39 is 11.9 Å². The first-order valence-corrected chi connectivity index (χ1v) is 5.22. The third-order valence-electron chi connectivity index (χ3n) is 2.13. The molecule has 0 spiro atoms. The van der Waals surface area contributed by atoms with Gasteiger partial charge in [-0.3, -0.25) is 15.0 Å². The van der Waals surface area contributed by atoms with Gasteiger partial charge in [0.25, 0.3) is 5.91 Å². The molecule has 0 fully saturated rings. The highest BCUT2D eigenvalue weighted by Gasteiger charge is 2.12. The number of para-hydroxylation sites is 1. The van der Waals surface area contributed by atoms with Gasteiger partial charge in [0.1, 0.15) is 6.04 Å². The first-order valence-electron chi connectivity index (χ1n) is 5.22. The van der Waals surface area contributed by atoms with Gasteiger partial charge in [-0.1, -0.05) is 18.2 Å². The molecular weight excluding hydrogens is 220 g/mol. The van der Waals surface area contributed by atoms with Crippen LogP contribution in [0, 0.1) is 0 Å². The van der Waals surface area contributed by atoms with Crippen LogP contribution in [0.5, 0.6) is 0 Å². The molecular formula is C11H16N4O2. The molecule has 0 saturated carbocycles. The van der Waals surface area contributed by atoms with E-state index in [1.807, 2.05) is 35.8 Å². The molecule has 1 unspecified atom stereocenters. The summed E-state index contributed by atoms with van der Waals surface area (Å²) in [6, 6.07) is 8.92. The van der Waals surface area contributed by atoms with Crippen LogP contribution in [-0.2, 0) is 9.59 Å². The molecule has 6 nitrogen and oxygen atoms in total. The molecule has 0 radical (unpaired) electrons. The molecule has 0 saturated heterocycles. The van der Waals surface area contributed by atoms with Gasteiger partial charge in [-0.25, -0.2) is 5.84 Å². The molecule has 0 heterocycles. The number of benzene rings is 1. The Morgan fingerprint density at radius 1 is 1.29 bits per heavy atom. The minimum atomic E-state index is -0.440. The Bertz CT molecular complexity index is 380. The highest BCUT2D eigenvalue weighted by atomic mass is 16.2. The Kier molecular flexibility index (Phi) is 4.96. The smallest absolute Gasteiger partial charge is 0.253 e. The monoisotopic (exact) mass is 236 g/mol. The molecule has 0 aromatic heterocycles. The molecule has 0 aliphatic carbocycles. The molecule has 1 aromatic carbocycles. The molecule has 92 valence electrons. The lowest BCUT2D eigenvalue weighted by molar-refractivity contribution is -0.126. The molecule has 1 aromatic rings. The summed E-state index contributed by atoms with van der Waals surface area (Å²) in [6.07, 6.45) is 0. The fourth-order valence-corrected chi connectivity index (χ4v) is 1.22. The van der Waals surface area contributed by atoms with E-state index in [9.17, 15) is 9.59 Å². The van der Waals surface area contributed by atoms with E-state index in [0.29, 0.717) is 0 Å². The van der Waals surface area contributed by atoms with Gasteiger partial charge in [-0.15, -0.1) is 0 Å². The van der Waals surface area contributed by atoms with E-state index in [4.69, 9.17) is 5.84 Å². The maximum atomic E-state index is 11.6. The Hall–Kier alpha value is -2.08. The second kappa shape index (κ2) is 6.49. The number of hydrazine groups is 1. The lowest BCUT2D eigenvalue weighted by atomic mass is 10.2. The number of hydrogen-bond acceptors (Lipinski definition) is 4. The van der Waals surface area contributed by atoms with Crippen molar-refractivity contribution in [3.8, 4) is 0 Å². The van der Waals surface area contributed by atoms with Crippen molar-refractivity contribution in [2.24, 2.45) is 5.84 Å². The average molecular weight is 236 g/mol.